The third-order valence-corrected chi connectivity index (χ3v) is 4.88. The van der Waals surface area contributed by atoms with Gasteiger partial charge in [0.15, 0.2) is 0 Å². The Kier molecular flexibility index (Phi) is 11.3. The molecule has 0 fully saturated rings. The molecule has 3 amide bonds. The summed E-state index contributed by atoms with van der Waals surface area (Å²) in [5.74, 6) is -4.18. The van der Waals surface area contributed by atoms with E-state index in [-0.39, 0.29) is 18.7 Å². The van der Waals surface area contributed by atoms with E-state index in [0.717, 1.165) is 3.57 Å². The number of halogens is 1. The van der Waals surface area contributed by atoms with E-state index in [2.05, 4.69) is 38.5 Å². The molecule has 6 N–H and O–H groups in total. The summed E-state index contributed by atoms with van der Waals surface area (Å²) >= 11 is 2.13. The average molecular weight is 547 g/mol. The number of amides is 3. The van der Waals surface area contributed by atoms with Gasteiger partial charge in [0.05, 0.1) is 0 Å². The van der Waals surface area contributed by atoms with Crippen LogP contribution in [0.3, 0.4) is 0 Å². The van der Waals surface area contributed by atoms with Crippen molar-refractivity contribution >= 4 is 52.4 Å². The zero-order valence-corrected chi connectivity index (χ0v) is 18.6. The molecule has 12 heteroatoms. The zero-order valence-electron chi connectivity index (χ0n) is 16.5. The molecule has 31 heavy (non-hydrogen) atoms. The van der Waals surface area contributed by atoms with Crippen molar-refractivity contribution < 1.29 is 39.3 Å². The molecule has 0 bridgehead atoms. The minimum absolute atomic E-state index is 0.0645. The first-order chi connectivity index (χ1) is 14.6. The summed E-state index contributed by atoms with van der Waals surface area (Å²) in [5, 5.41) is 33.9. The van der Waals surface area contributed by atoms with Crippen LogP contribution < -0.4 is 16.0 Å². The maximum Gasteiger partial charge on any atom is 0.326 e. The number of carbonyl (C=O) groups excluding carboxylic acids is 2. The number of carboxylic acid groups (broad SMARTS) is 3. The molecule has 1 aromatic rings. The second kappa shape index (κ2) is 13.4. The highest BCUT2D eigenvalue weighted by atomic mass is 125. The normalized spacial score (nSPS) is 12.3. The lowest BCUT2D eigenvalue weighted by Gasteiger charge is -2.18. The van der Waals surface area contributed by atoms with Crippen molar-refractivity contribution in [3.8, 4) is 0 Å². The summed E-state index contributed by atoms with van der Waals surface area (Å²) < 4.78 is 1.00. The summed E-state index contributed by atoms with van der Waals surface area (Å²) in [4.78, 5) is 56.9. The van der Waals surface area contributed by atoms with Crippen LogP contribution in [-0.4, -0.2) is 63.8 Å². The first-order valence-electron chi connectivity index (χ1n) is 9.38. The van der Waals surface area contributed by atoms with Crippen molar-refractivity contribution in [3.63, 3.8) is 0 Å². The molecule has 0 saturated carbocycles. The van der Waals surface area contributed by atoms with Crippen LogP contribution in [0.25, 0.3) is 0 Å². The predicted molar refractivity (Wildman–Crippen MR) is 117 cm³/mol. The molecular weight excluding hydrogens is 523 g/mol. The topological polar surface area (TPSA) is 182 Å². The molecule has 0 spiro atoms. The number of aliphatic carboxylic acids is 3. The van der Waals surface area contributed by atoms with Gasteiger partial charge in [-0.3, -0.25) is 9.59 Å². The van der Waals surface area contributed by atoms with Crippen LogP contribution >= 0.6 is 22.6 Å². The summed E-state index contributed by atoms with van der Waals surface area (Å²) in [6.07, 6.45) is 0.115. The molecular formula is C19H24IN3O8. The number of urea groups is 1. The summed E-state index contributed by atoms with van der Waals surface area (Å²) in [5.41, 5.74) is 0.512. The number of carbonyl (C=O) groups is 5. The molecule has 1 aromatic carbocycles. The van der Waals surface area contributed by atoms with Crippen molar-refractivity contribution in [1.82, 2.24) is 16.0 Å². The van der Waals surface area contributed by atoms with Gasteiger partial charge in [-0.15, -0.1) is 0 Å². The van der Waals surface area contributed by atoms with Gasteiger partial charge in [-0.2, -0.15) is 0 Å². The Labute approximate surface area is 191 Å². The second-order valence-electron chi connectivity index (χ2n) is 6.59. The van der Waals surface area contributed by atoms with Gasteiger partial charge >= 0.3 is 23.9 Å². The molecule has 2 atom stereocenters. The van der Waals surface area contributed by atoms with Crippen LogP contribution in [0.5, 0.6) is 0 Å². The van der Waals surface area contributed by atoms with Crippen molar-refractivity contribution in [1.29, 1.82) is 0 Å². The number of hydrogen-bond acceptors (Lipinski definition) is 5. The van der Waals surface area contributed by atoms with Crippen molar-refractivity contribution in [3.05, 3.63) is 33.4 Å². The van der Waals surface area contributed by atoms with Crippen LogP contribution in [0.15, 0.2) is 24.3 Å². The van der Waals surface area contributed by atoms with Gasteiger partial charge in [-0.05, 0) is 72.5 Å². The zero-order chi connectivity index (χ0) is 23.4. The van der Waals surface area contributed by atoms with E-state index in [4.69, 9.17) is 10.2 Å². The Balaban J connectivity index is 2.41. The minimum Gasteiger partial charge on any atom is -0.481 e. The maximum atomic E-state index is 12.0. The smallest absolute Gasteiger partial charge is 0.326 e. The number of unbranched alkanes of at least 4 members (excludes halogenated alkanes) is 1. The highest BCUT2D eigenvalue weighted by molar-refractivity contribution is 14.1. The Hall–Kier alpha value is -2.90. The molecule has 0 aromatic heterocycles. The predicted octanol–water partition coefficient (Wildman–Crippen LogP) is 1.26. The molecule has 0 radical (unpaired) electrons. The lowest BCUT2D eigenvalue weighted by atomic mass is 10.1. The molecule has 0 saturated heterocycles. The van der Waals surface area contributed by atoms with Crippen LogP contribution in [-0.2, 0) is 14.4 Å². The van der Waals surface area contributed by atoms with E-state index in [9.17, 15) is 29.1 Å². The summed E-state index contributed by atoms with van der Waals surface area (Å²) in [6, 6.07) is 3.27. The summed E-state index contributed by atoms with van der Waals surface area (Å²) in [7, 11) is 0. The van der Waals surface area contributed by atoms with Gasteiger partial charge in [0, 0.05) is 22.1 Å². The first-order valence-corrected chi connectivity index (χ1v) is 10.5. The Morgan fingerprint density at radius 2 is 1.39 bits per heavy atom. The van der Waals surface area contributed by atoms with Crippen LogP contribution in [0, 0.1) is 3.57 Å². The minimum atomic E-state index is -1.46. The van der Waals surface area contributed by atoms with E-state index < -0.39 is 42.4 Å². The molecule has 0 aliphatic heterocycles. The number of rotatable bonds is 13. The standard InChI is InChI=1S/C19H24IN3O8/c20-12-6-4-11(5-7-12)16(26)21-10-2-1-3-13(17(27)28)22-19(31)23-14(18(29)30)8-9-15(24)25/h4-7,13-14H,1-3,8-10H2,(H,21,26)(H,24,25)(H,27,28)(H,29,30)(H2,22,23,31)/i20-2. The lowest BCUT2D eigenvalue weighted by Crippen LogP contribution is -2.51. The monoisotopic (exact) mass is 547 g/mol. The van der Waals surface area contributed by atoms with Crippen LogP contribution in [0.2, 0.25) is 0 Å². The van der Waals surface area contributed by atoms with E-state index >= 15 is 0 Å². The molecule has 0 aliphatic rings. The van der Waals surface area contributed by atoms with E-state index in [1.165, 1.54) is 0 Å². The number of nitrogens with one attached hydrogen (secondary N) is 3. The molecule has 170 valence electrons. The molecule has 0 heterocycles. The largest absolute Gasteiger partial charge is 0.481 e. The fraction of sp³-hybridized carbons (Fsp3) is 0.421. The van der Waals surface area contributed by atoms with Crippen molar-refractivity contribution in [2.45, 2.75) is 44.2 Å². The molecule has 11 nitrogen and oxygen atoms in total. The van der Waals surface area contributed by atoms with Crippen LogP contribution in [0.1, 0.15) is 42.5 Å². The van der Waals surface area contributed by atoms with E-state index in [1.807, 2.05) is 0 Å². The fourth-order valence-corrected chi connectivity index (χ4v) is 2.88. The van der Waals surface area contributed by atoms with Gasteiger partial charge in [-0.1, -0.05) is 0 Å². The lowest BCUT2D eigenvalue weighted by molar-refractivity contribution is -0.140. The quantitative estimate of drug-likeness (QED) is 0.158. The highest BCUT2D eigenvalue weighted by Gasteiger charge is 2.24. The second-order valence-corrected chi connectivity index (χ2v) is 7.84. The number of carboxylic acids is 3. The Bertz CT molecular complexity index is 800. The molecule has 1 rings (SSSR count). The Morgan fingerprint density at radius 1 is 0.839 bits per heavy atom. The number of benzene rings is 1. The van der Waals surface area contributed by atoms with Crippen molar-refractivity contribution in [2.24, 2.45) is 0 Å². The van der Waals surface area contributed by atoms with Gasteiger partial charge in [-0.25, -0.2) is 14.4 Å². The third kappa shape index (κ3) is 10.6. The maximum absolute atomic E-state index is 12.0. The third-order valence-electron chi connectivity index (χ3n) is 4.17. The molecule has 2 unspecified atom stereocenters. The summed E-state index contributed by atoms with van der Waals surface area (Å²) in [6.45, 7) is 0.319. The van der Waals surface area contributed by atoms with Gasteiger partial charge in [0.1, 0.15) is 12.1 Å². The Morgan fingerprint density at radius 3 is 1.90 bits per heavy atom. The van der Waals surface area contributed by atoms with Gasteiger partial charge in [0.25, 0.3) is 5.91 Å². The first kappa shape index (κ1) is 26.1. The van der Waals surface area contributed by atoms with Crippen molar-refractivity contribution in [2.75, 3.05) is 6.54 Å². The van der Waals surface area contributed by atoms with Gasteiger partial charge in [0.2, 0.25) is 0 Å². The SMILES string of the molecule is O=C(O)CCC(NC(=O)NC(CCCCNC(=O)c1ccc([125I])cc1)C(=O)O)C(=O)O. The van der Waals surface area contributed by atoms with E-state index in [1.54, 1.807) is 24.3 Å². The highest BCUT2D eigenvalue weighted by Crippen LogP contribution is 2.07. The fourth-order valence-electron chi connectivity index (χ4n) is 2.52. The van der Waals surface area contributed by atoms with Crippen LogP contribution in [0.4, 0.5) is 4.79 Å². The van der Waals surface area contributed by atoms with E-state index in [0.29, 0.717) is 24.9 Å². The number of hydrogen-bond donors (Lipinski definition) is 6. The average Bonchev–Trinajstić information content (AvgIpc) is 2.69. The van der Waals surface area contributed by atoms with Gasteiger partial charge < -0.3 is 31.3 Å². The molecule has 0 aliphatic carbocycles.